The van der Waals surface area contributed by atoms with Crippen molar-refractivity contribution in [1.82, 2.24) is 4.98 Å². The molecule has 2 nitrogen and oxygen atoms in total. The van der Waals surface area contributed by atoms with Crippen LogP contribution >= 0.6 is 15.9 Å². The first kappa shape index (κ1) is 8.71. The first-order chi connectivity index (χ1) is 6.31. The highest BCUT2D eigenvalue weighted by atomic mass is 79.9. The molecule has 1 heterocycles. The average Bonchev–Trinajstić information content (AvgIpc) is 2.93. The van der Waals surface area contributed by atoms with Crippen molar-refractivity contribution >= 4 is 15.9 Å². The molecule has 3 heteroatoms. The Morgan fingerprint density at radius 3 is 2.77 bits per heavy atom. The quantitative estimate of drug-likeness (QED) is 0.792. The third-order valence-electron chi connectivity index (χ3n) is 2.30. The lowest BCUT2D eigenvalue weighted by Gasteiger charge is -2.05. The van der Waals surface area contributed by atoms with Gasteiger partial charge in [0.05, 0.1) is 17.7 Å². The van der Waals surface area contributed by atoms with Crippen LogP contribution in [0.1, 0.15) is 24.5 Å². The van der Waals surface area contributed by atoms with Crippen LogP contribution in [0.25, 0.3) is 0 Å². The summed E-state index contributed by atoms with van der Waals surface area (Å²) in [4.78, 5) is 4.24. The van der Waals surface area contributed by atoms with Crippen molar-refractivity contribution in [3.8, 4) is 6.07 Å². The molecule has 0 aromatic carbocycles. The average molecular weight is 237 g/mol. The maximum Gasteiger partial charge on any atom is 0.0912 e. The minimum atomic E-state index is 0.00750. The van der Waals surface area contributed by atoms with Crippen LogP contribution in [0.15, 0.2) is 22.8 Å². The highest BCUT2D eigenvalue weighted by molar-refractivity contribution is 9.10. The summed E-state index contributed by atoms with van der Waals surface area (Å²) in [6.07, 6.45) is 4.11. The molecular formula is C10H9BrN2. The molecule has 0 amide bonds. The number of aromatic nitrogens is 1. The number of halogens is 1. The van der Waals surface area contributed by atoms with E-state index in [1.54, 1.807) is 6.20 Å². The van der Waals surface area contributed by atoms with Gasteiger partial charge in [-0.15, -0.1) is 0 Å². The molecule has 0 spiro atoms. The van der Waals surface area contributed by atoms with Gasteiger partial charge in [0.15, 0.2) is 0 Å². The molecule has 1 saturated carbocycles. The molecule has 1 aliphatic rings. The van der Waals surface area contributed by atoms with E-state index in [2.05, 4.69) is 27.0 Å². The molecule has 1 aliphatic carbocycles. The maximum atomic E-state index is 8.96. The van der Waals surface area contributed by atoms with E-state index >= 15 is 0 Å². The van der Waals surface area contributed by atoms with Crippen molar-refractivity contribution in [3.05, 3.63) is 28.5 Å². The smallest absolute Gasteiger partial charge is 0.0912 e. The highest BCUT2D eigenvalue weighted by Crippen LogP contribution is 2.41. The number of rotatable bonds is 2. The fourth-order valence-electron chi connectivity index (χ4n) is 1.41. The largest absolute Gasteiger partial charge is 0.259 e. The summed E-state index contributed by atoms with van der Waals surface area (Å²) >= 11 is 3.32. The Labute approximate surface area is 85.7 Å². The second kappa shape index (κ2) is 3.47. The van der Waals surface area contributed by atoms with Crippen LogP contribution in [0, 0.1) is 17.2 Å². The lowest BCUT2D eigenvalue weighted by molar-refractivity contribution is 0.716. The lowest BCUT2D eigenvalue weighted by Crippen LogP contribution is -2.00. The zero-order valence-electron chi connectivity index (χ0n) is 7.07. The van der Waals surface area contributed by atoms with Gasteiger partial charge in [-0.05, 0) is 46.8 Å². The van der Waals surface area contributed by atoms with Gasteiger partial charge in [0.1, 0.15) is 0 Å². The Kier molecular flexibility index (Phi) is 2.32. The standard InChI is InChI=1S/C10H9BrN2/c11-8-3-4-10(13-6-8)9(5-12)7-1-2-7/h3-4,6-7,9H,1-2H2. The number of pyridine rings is 1. The Hall–Kier alpha value is -0.880. The fraction of sp³-hybridized carbons (Fsp3) is 0.400. The van der Waals surface area contributed by atoms with Crippen molar-refractivity contribution in [2.75, 3.05) is 0 Å². The van der Waals surface area contributed by atoms with Crippen LogP contribution in [-0.2, 0) is 0 Å². The number of nitriles is 1. The molecule has 1 aromatic heterocycles. The summed E-state index contributed by atoms with van der Waals surface area (Å²) in [5.41, 5.74) is 0.910. The summed E-state index contributed by atoms with van der Waals surface area (Å²) in [7, 11) is 0. The van der Waals surface area contributed by atoms with Crippen molar-refractivity contribution in [3.63, 3.8) is 0 Å². The molecule has 0 bridgehead atoms. The van der Waals surface area contributed by atoms with Gasteiger partial charge in [-0.1, -0.05) is 0 Å². The molecule has 1 unspecified atom stereocenters. The fourth-order valence-corrected chi connectivity index (χ4v) is 1.65. The molecule has 1 fully saturated rings. The van der Waals surface area contributed by atoms with Crippen molar-refractivity contribution in [2.24, 2.45) is 5.92 Å². The van der Waals surface area contributed by atoms with E-state index in [-0.39, 0.29) is 5.92 Å². The van der Waals surface area contributed by atoms with Gasteiger partial charge in [-0.2, -0.15) is 5.26 Å². The van der Waals surface area contributed by atoms with Crippen molar-refractivity contribution in [2.45, 2.75) is 18.8 Å². The summed E-state index contributed by atoms with van der Waals surface area (Å²) in [6, 6.07) is 6.19. The van der Waals surface area contributed by atoms with Crippen LogP contribution in [0.3, 0.4) is 0 Å². The van der Waals surface area contributed by atoms with Gasteiger partial charge >= 0.3 is 0 Å². The zero-order chi connectivity index (χ0) is 9.26. The molecule has 13 heavy (non-hydrogen) atoms. The summed E-state index contributed by atoms with van der Waals surface area (Å²) in [5.74, 6) is 0.562. The van der Waals surface area contributed by atoms with Crippen LogP contribution in [0.5, 0.6) is 0 Å². The SMILES string of the molecule is N#CC(c1ccc(Br)cn1)C1CC1. The van der Waals surface area contributed by atoms with E-state index in [0.717, 1.165) is 10.2 Å². The molecule has 0 aliphatic heterocycles. The second-order valence-electron chi connectivity index (χ2n) is 3.35. The van der Waals surface area contributed by atoms with Crippen molar-refractivity contribution in [1.29, 1.82) is 5.26 Å². The Morgan fingerprint density at radius 2 is 2.31 bits per heavy atom. The molecular weight excluding hydrogens is 228 g/mol. The minimum Gasteiger partial charge on any atom is -0.259 e. The molecule has 1 aromatic rings. The summed E-state index contributed by atoms with van der Waals surface area (Å²) in [6.45, 7) is 0. The predicted octanol–water partition coefficient (Wildman–Crippen LogP) is 2.86. The monoisotopic (exact) mass is 236 g/mol. The Bertz CT molecular complexity index is 335. The zero-order valence-corrected chi connectivity index (χ0v) is 8.66. The van der Waals surface area contributed by atoms with Crippen LogP contribution in [-0.4, -0.2) is 4.98 Å². The van der Waals surface area contributed by atoms with Crippen molar-refractivity contribution < 1.29 is 0 Å². The van der Waals surface area contributed by atoms with E-state index in [1.165, 1.54) is 12.8 Å². The Morgan fingerprint density at radius 1 is 1.54 bits per heavy atom. The van der Waals surface area contributed by atoms with Gasteiger partial charge in [0.25, 0.3) is 0 Å². The maximum absolute atomic E-state index is 8.96. The van der Waals surface area contributed by atoms with Gasteiger partial charge in [-0.3, -0.25) is 4.98 Å². The number of hydrogen-bond acceptors (Lipinski definition) is 2. The third kappa shape index (κ3) is 1.89. The number of nitrogens with zero attached hydrogens (tertiary/aromatic N) is 2. The van der Waals surface area contributed by atoms with E-state index < -0.39 is 0 Å². The van der Waals surface area contributed by atoms with Gasteiger partial charge in [0, 0.05) is 10.7 Å². The summed E-state index contributed by atoms with van der Waals surface area (Å²) in [5, 5.41) is 8.96. The van der Waals surface area contributed by atoms with Crippen LogP contribution in [0.2, 0.25) is 0 Å². The second-order valence-corrected chi connectivity index (χ2v) is 4.26. The molecule has 0 radical (unpaired) electrons. The lowest BCUT2D eigenvalue weighted by atomic mass is 10.0. The molecule has 0 saturated heterocycles. The Balaban J connectivity index is 2.23. The predicted molar refractivity (Wildman–Crippen MR) is 53.0 cm³/mol. The number of hydrogen-bond donors (Lipinski definition) is 0. The normalized spacial score (nSPS) is 17.8. The van der Waals surface area contributed by atoms with Gasteiger partial charge in [-0.25, -0.2) is 0 Å². The first-order valence-corrected chi connectivity index (χ1v) is 5.11. The van der Waals surface area contributed by atoms with Crippen LogP contribution < -0.4 is 0 Å². The highest BCUT2D eigenvalue weighted by Gasteiger charge is 2.33. The molecule has 2 rings (SSSR count). The van der Waals surface area contributed by atoms with E-state index in [1.807, 2.05) is 12.1 Å². The molecule has 0 N–H and O–H groups in total. The van der Waals surface area contributed by atoms with E-state index in [4.69, 9.17) is 5.26 Å². The molecule has 66 valence electrons. The third-order valence-corrected chi connectivity index (χ3v) is 2.77. The van der Waals surface area contributed by atoms with E-state index in [9.17, 15) is 0 Å². The van der Waals surface area contributed by atoms with E-state index in [0.29, 0.717) is 5.92 Å². The van der Waals surface area contributed by atoms with Gasteiger partial charge in [0.2, 0.25) is 0 Å². The summed E-state index contributed by atoms with van der Waals surface area (Å²) < 4.78 is 0.962. The van der Waals surface area contributed by atoms with Crippen LogP contribution in [0.4, 0.5) is 0 Å². The molecule has 1 atom stereocenters. The first-order valence-electron chi connectivity index (χ1n) is 4.32. The minimum absolute atomic E-state index is 0.00750. The topological polar surface area (TPSA) is 36.7 Å². The van der Waals surface area contributed by atoms with Gasteiger partial charge < -0.3 is 0 Å².